The maximum atomic E-state index is 12.9. The number of methoxy groups -OCH3 is 1. The highest BCUT2D eigenvalue weighted by atomic mass is 32.2. The number of ether oxygens (including phenoxy) is 1. The summed E-state index contributed by atoms with van der Waals surface area (Å²) in [5, 5.41) is 3.51. The van der Waals surface area contributed by atoms with Gasteiger partial charge in [-0.05, 0) is 35.9 Å². The van der Waals surface area contributed by atoms with Crippen molar-refractivity contribution in [2.75, 3.05) is 19.5 Å². The van der Waals surface area contributed by atoms with Crippen molar-refractivity contribution in [1.29, 1.82) is 0 Å². The Morgan fingerprint density at radius 2 is 1.59 bits per heavy atom. The normalized spacial score (nSPS) is 11.5. The van der Waals surface area contributed by atoms with Crippen LogP contribution in [0.2, 0.25) is 0 Å². The van der Waals surface area contributed by atoms with Gasteiger partial charge in [-0.15, -0.1) is 11.3 Å². The Kier molecular flexibility index (Phi) is 6.78. The van der Waals surface area contributed by atoms with Gasteiger partial charge in [0.1, 0.15) is 4.88 Å². The summed E-state index contributed by atoms with van der Waals surface area (Å²) in [6.45, 7) is 0.229. The van der Waals surface area contributed by atoms with E-state index in [1.807, 2.05) is 54.6 Å². The molecule has 0 radical (unpaired) electrons. The first-order valence-electron chi connectivity index (χ1n) is 10.3. The van der Waals surface area contributed by atoms with Crippen molar-refractivity contribution in [2.24, 2.45) is 0 Å². The molecule has 1 aromatic heterocycles. The number of esters is 1. The van der Waals surface area contributed by atoms with Gasteiger partial charge in [-0.2, -0.15) is 4.31 Å². The molecule has 34 heavy (non-hydrogen) atoms. The lowest BCUT2D eigenvalue weighted by Crippen LogP contribution is -2.26. The topological polar surface area (TPSA) is 92.8 Å². The third kappa shape index (κ3) is 4.72. The summed E-state index contributed by atoms with van der Waals surface area (Å²) in [5.41, 5.74) is 1.50. The SMILES string of the molecule is COC(=O)c1sc2ccccc2c1NC(=O)c1ccc(S(=O)(=O)N(C)Cc2ccccc2)cc1. The van der Waals surface area contributed by atoms with Crippen LogP contribution in [-0.2, 0) is 21.3 Å². The zero-order chi connectivity index (χ0) is 24.3. The van der Waals surface area contributed by atoms with Crippen molar-refractivity contribution >= 4 is 49.0 Å². The fourth-order valence-corrected chi connectivity index (χ4v) is 5.71. The molecule has 0 bridgehead atoms. The fraction of sp³-hybridized carbons (Fsp3) is 0.120. The Morgan fingerprint density at radius 3 is 2.26 bits per heavy atom. The van der Waals surface area contributed by atoms with Crippen molar-refractivity contribution < 1.29 is 22.7 Å². The molecule has 7 nitrogen and oxygen atoms in total. The van der Waals surface area contributed by atoms with Crippen LogP contribution in [0.15, 0.2) is 83.8 Å². The summed E-state index contributed by atoms with van der Waals surface area (Å²) in [6.07, 6.45) is 0. The number of rotatable bonds is 7. The van der Waals surface area contributed by atoms with Gasteiger partial charge >= 0.3 is 5.97 Å². The Hall–Kier alpha value is -3.53. The zero-order valence-corrected chi connectivity index (χ0v) is 20.2. The number of sulfonamides is 1. The van der Waals surface area contributed by atoms with E-state index in [1.165, 1.54) is 54.1 Å². The average Bonchev–Trinajstić information content (AvgIpc) is 3.22. The van der Waals surface area contributed by atoms with Gasteiger partial charge in [-0.1, -0.05) is 48.5 Å². The summed E-state index contributed by atoms with van der Waals surface area (Å²) in [6, 6.07) is 22.3. The number of hydrogen-bond acceptors (Lipinski definition) is 6. The highest BCUT2D eigenvalue weighted by Gasteiger charge is 2.23. The van der Waals surface area contributed by atoms with E-state index < -0.39 is 21.9 Å². The number of anilines is 1. The van der Waals surface area contributed by atoms with E-state index in [0.717, 1.165) is 15.6 Å². The third-order valence-electron chi connectivity index (χ3n) is 5.28. The highest BCUT2D eigenvalue weighted by molar-refractivity contribution is 7.89. The molecule has 0 atom stereocenters. The van der Waals surface area contributed by atoms with Crippen LogP contribution in [0.1, 0.15) is 25.6 Å². The quantitative estimate of drug-likeness (QED) is 0.374. The summed E-state index contributed by atoms with van der Waals surface area (Å²) in [5.74, 6) is -1.00. The van der Waals surface area contributed by atoms with Crippen LogP contribution < -0.4 is 5.32 Å². The second-order valence-electron chi connectivity index (χ2n) is 7.52. The largest absolute Gasteiger partial charge is 0.465 e. The molecule has 0 aliphatic heterocycles. The van der Waals surface area contributed by atoms with E-state index in [4.69, 9.17) is 4.74 Å². The Balaban J connectivity index is 1.56. The lowest BCUT2D eigenvalue weighted by molar-refractivity contribution is 0.0607. The Bertz CT molecular complexity index is 1450. The van der Waals surface area contributed by atoms with Gasteiger partial charge in [0.15, 0.2) is 0 Å². The predicted octanol–water partition coefficient (Wildman–Crippen LogP) is 4.76. The molecule has 0 saturated heterocycles. The molecule has 0 aliphatic rings. The number of thiophene rings is 1. The minimum atomic E-state index is -3.74. The number of nitrogens with zero attached hydrogens (tertiary/aromatic N) is 1. The standard InChI is InChI=1S/C25H22N2O5S2/c1-27(16-17-8-4-3-5-9-17)34(30,31)19-14-12-18(13-15-19)24(28)26-22-20-10-6-7-11-21(20)33-23(22)25(29)32-2/h3-15H,16H2,1-2H3,(H,26,28). The number of amides is 1. The summed E-state index contributed by atoms with van der Waals surface area (Å²) in [4.78, 5) is 25.5. The lowest BCUT2D eigenvalue weighted by Gasteiger charge is -2.17. The van der Waals surface area contributed by atoms with Gasteiger partial charge in [-0.3, -0.25) is 4.79 Å². The van der Waals surface area contributed by atoms with Crippen molar-refractivity contribution in [3.63, 3.8) is 0 Å². The van der Waals surface area contributed by atoms with Crippen molar-refractivity contribution in [1.82, 2.24) is 4.31 Å². The van der Waals surface area contributed by atoms with Crippen LogP contribution in [-0.4, -0.2) is 38.8 Å². The van der Waals surface area contributed by atoms with Gasteiger partial charge in [-0.25, -0.2) is 13.2 Å². The fourth-order valence-electron chi connectivity index (χ4n) is 3.48. The first-order chi connectivity index (χ1) is 16.3. The molecule has 174 valence electrons. The molecule has 4 rings (SSSR count). The molecule has 9 heteroatoms. The first-order valence-corrected chi connectivity index (χ1v) is 12.6. The summed E-state index contributed by atoms with van der Waals surface area (Å²) >= 11 is 1.23. The van der Waals surface area contributed by atoms with Gasteiger partial charge in [0.05, 0.1) is 17.7 Å². The monoisotopic (exact) mass is 494 g/mol. The molecule has 0 unspecified atom stereocenters. The van der Waals surface area contributed by atoms with E-state index >= 15 is 0 Å². The van der Waals surface area contributed by atoms with Crippen LogP contribution in [0.5, 0.6) is 0 Å². The molecule has 1 N–H and O–H groups in total. The van der Waals surface area contributed by atoms with E-state index in [9.17, 15) is 18.0 Å². The number of carbonyl (C=O) groups is 2. The third-order valence-corrected chi connectivity index (χ3v) is 8.25. The van der Waals surface area contributed by atoms with Crippen molar-refractivity contribution in [3.8, 4) is 0 Å². The molecule has 0 saturated carbocycles. The summed E-state index contributed by atoms with van der Waals surface area (Å²) in [7, 11) is -0.941. The second kappa shape index (κ2) is 9.76. The number of carbonyl (C=O) groups excluding carboxylic acids is 2. The minimum absolute atomic E-state index is 0.0821. The molecule has 0 aliphatic carbocycles. The van der Waals surface area contributed by atoms with E-state index in [-0.39, 0.29) is 17.0 Å². The van der Waals surface area contributed by atoms with Crippen LogP contribution in [0.4, 0.5) is 5.69 Å². The predicted molar refractivity (Wildman–Crippen MR) is 133 cm³/mol. The van der Waals surface area contributed by atoms with E-state index in [0.29, 0.717) is 10.6 Å². The van der Waals surface area contributed by atoms with E-state index in [1.54, 1.807) is 0 Å². The highest BCUT2D eigenvalue weighted by Crippen LogP contribution is 2.36. The molecule has 0 spiro atoms. The molecule has 1 amide bonds. The molecular formula is C25H22N2O5S2. The van der Waals surface area contributed by atoms with Crippen LogP contribution >= 0.6 is 11.3 Å². The van der Waals surface area contributed by atoms with Gasteiger partial charge in [0.2, 0.25) is 10.0 Å². The number of benzene rings is 3. The minimum Gasteiger partial charge on any atom is -0.465 e. The smallest absolute Gasteiger partial charge is 0.350 e. The molecule has 0 fully saturated rings. The lowest BCUT2D eigenvalue weighted by atomic mass is 10.2. The van der Waals surface area contributed by atoms with Gasteiger partial charge in [0, 0.05) is 29.2 Å². The van der Waals surface area contributed by atoms with Crippen LogP contribution in [0, 0.1) is 0 Å². The van der Waals surface area contributed by atoms with E-state index in [2.05, 4.69) is 5.32 Å². The molecule has 1 heterocycles. The Morgan fingerprint density at radius 1 is 0.941 bits per heavy atom. The first kappa shape index (κ1) is 23.6. The average molecular weight is 495 g/mol. The second-order valence-corrected chi connectivity index (χ2v) is 10.6. The van der Waals surface area contributed by atoms with Gasteiger partial charge in [0.25, 0.3) is 5.91 Å². The van der Waals surface area contributed by atoms with Crippen molar-refractivity contribution in [3.05, 3.63) is 94.9 Å². The maximum Gasteiger partial charge on any atom is 0.350 e. The molecule has 3 aromatic carbocycles. The molecule has 4 aromatic rings. The van der Waals surface area contributed by atoms with Crippen LogP contribution in [0.25, 0.3) is 10.1 Å². The van der Waals surface area contributed by atoms with Crippen LogP contribution in [0.3, 0.4) is 0 Å². The number of fused-ring (bicyclic) bond motifs is 1. The van der Waals surface area contributed by atoms with Crippen molar-refractivity contribution in [2.45, 2.75) is 11.4 Å². The number of nitrogens with one attached hydrogen (secondary N) is 1. The summed E-state index contributed by atoms with van der Waals surface area (Å²) < 4.78 is 32.9. The number of hydrogen-bond donors (Lipinski definition) is 1. The Labute approximate surface area is 201 Å². The maximum absolute atomic E-state index is 12.9. The zero-order valence-electron chi connectivity index (χ0n) is 18.5. The molecular weight excluding hydrogens is 472 g/mol. The van der Waals surface area contributed by atoms with Gasteiger partial charge < -0.3 is 10.1 Å².